The highest BCUT2D eigenvalue weighted by atomic mass is 35.5. The molecular formula is C12H11Cl2NO. The summed E-state index contributed by atoms with van der Waals surface area (Å²) in [6, 6.07) is 8.87. The van der Waals surface area contributed by atoms with Gasteiger partial charge in [-0.1, -0.05) is 29.3 Å². The number of halogens is 2. The van der Waals surface area contributed by atoms with E-state index in [1.165, 1.54) is 0 Å². The van der Waals surface area contributed by atoms with Gasteiger partial charge in [0.25, 0.3) is 0 Å². The quantitative estimate of drug-likeness (QED) is 0.906. The SMILES string of the molecule is NC(Cc1ccco1)c1ccc(Cl)cc1Cl. The van der Waals surface area contributed by atoms with Crippen LogP contribution in [0.15, 0.2) is 41.0 Å². The molecule has 84 valence electrons. The Hall–Kier alpha value is -0.960. The van der Waals surface area contributed by atoms with Crippen molar-refractivity contribution >= 4 is 23.2 Å². The third-order valence-corrected chi connectivity index (χ3v) is 2.93. The first kappa shape index (κ1) is 11.5. The molecule has 0 bridgehead atoms. The molecule has 0 aliphatic carbocycles. The molecule has 0 amide bonds. The first-order valence-corrected chi connectivity index (χ1v) is 5.65. The van der Waals surface area contributed by atoms with Gasteiger partial charge in [0.2, 0.25) is 0 Å². The maximum atomic E-state index is 6.07. The van der Waals surface area contributed by atoms with Gasteiger partial charge in [-0.2, -0.15) is 0 Å². The van der Waals surface area contributed by atoms with Crippen molar-refractivity contribution in [2.24, 2.45) is 5.73 Å². The molecule has 0 radical (unpaired) electrons. The lowest BCUT2D eigenvalue weighted by Gasteiger charge is -2.12. The predicted molar refractivity (Wildman–Crippen MR) is 65.8 cm³/mol. The van der Waals surface area contributed by atoms with Crippen molar-refractivity contribution in [2.45, 2.75) is 12.5 Å². The molecule has 1 heterocycles. The van der Waals surface area contributed by atoms with Gasteiger partial charge in [-0.3, -0.25) is 0 Å². The van der Waals surface area contributed by atoms with Gasteiger partial charge in [0.1, 0.15) is 5.76 Å². The van der Waals surface area contributed by atoms with Crippen LogP contribution in [0.4, 0.5) is 0 Å². The molecule has 0 aliphatic heterocycles. The van der Waals surface area contributed by atoms with E-state index < -0.39 is 0 Å². The van der Waals surface area contributed by atoms with Crippen LogP contribution in [0.1, 0.15) is 17.4 Å². The maximum absolute atomic E-state index is 6.07. The zero-order valence-corrected chi connectivity index (χ0v) is 10.0. The van der Waals surface area contributed by atoms with Crippen LogP contribution in [-0.4, -0.2) is 0 Å². The zero-order valence-electron chi connectivity index (χ0n) is 8.49. The van der Waals surface area contributed by atoms with Crippen LogP contribution in [0.5, 0.6) is 0 Å². The van der Waals surface area contributed by atoms with E-state index in [1.54, 1.807) is 18.4 Å². The number of rotatable bonds is 3. The van der Waals surface area contributed by atoms with Crippen molar-refractivity contribution < 1.29 is 4.42 Å². The van der Waals surface area contributed by atoms with Gasteiger partial charge in [-0.15, -0.1) is 0 Å². The van der Waals surface area contributed by atoms with Crippen molar-refractivity contribution in [3.8, 4) is 0 Å². The van der Waals surface area contributed by atoms with E-state index in [-0.39, 0.29) is 6.04 Å². The second kappa shape index (κ2) is 4.91. The first-order chi connectivity index (χ1) is 7.66. The van der Waals surface area contributed by atoms with Crippen LogP contribution in [-0.2, 0) is 6.42 Å². The molecule has 0 fully saturated rings. The van der Waals surface area contributed by atoms with Crippen LogP contribution >= 0.6 is 23.2 Å². The van der Waals surface area contributed by atoms with Crippen LogP contribution in [0, 0.1) is 0 Å². The predicted octanol–water partition coefficient (Wildman–Crippen LogP) is 3.83. The van der Waals surface area contributed by atoms with E-state index in [9.17, 15) is 0 Å². The number of nitrogens with two attached hydrogens (primary N) is 1. The van der Waals surface area contributed by atoms with Crippen molar-refractivity contribution in [1.82, 2.24) is 0 Å². The van der Waals surface area contributed by atoms with Crippen LogP contribution in [0.25, 0.3) is 0 Å². The summed E-state index contributed by atoms with van der Waals surface area (Å²) >= 11 is 11.9. The Kier molecular flexibility index (Phi) is 3.54. The highest BCUT2D eigenvalue weighted by Gasteiger charge is 2.12. The van der Waals surface area contributed by atoms with Crippen molar-refractivity contribution in [1.29, 1.82) is 0 Å². The van der Waals surface area contributed by atoms with Gasteiger partial charge >= 0.3 is 0 Å². The van der Waals surface area contributed by atoms with E-state index >= 15 is 0 Å². The van der Waals surface area contributed by atoms with Crippen molar-refractivity contribution in [2.75, 3.05) is 0 Å². The smallest absolute Gasteiger partial charge is 0.105 e. The second-order valence-corrected chi connectivity index (χ2v) is 4.40. The van der Waals surface area contributed by atoms with E-state index in [1.807, 2.05) is 18.2 Å². The van der Waals surface area contributed by atoms with Crippen LogP contribution in [0.3, 0.4) is 0 Å². The molecule has 0 saturated heterocycles. The molecule has 2 N–H and O–H groups in total. The minimum absolute atomic E-state index is 0.184. The van der Waals surface area contributed by atoms with Crippen molar-refractivity contribution in [3.63, 3.8) is 0 Å². The van der Waals surface area contributed by atoms with Gasteiger partial charge in [0, 0.05) is 22.5 Å². The molecular weight excluding hydrogens is 245 g/mol. The summed E-state index contributed by atoms with van der Waals surface area (Å²) in [5.74, 6) is 0.846. The van der Waals surface area contributed by atoms with Crippen LogP contribution < -0.4 is 5.73 Å². The lowest BCUT2D eigenvalue weighted by molar-refractivity contribution is 0.488. The molecule has 0 saturated carbocycles. The number of benzene rings is 1. The average Bonchev–Trinajstić information content (AvgIpc) is 2.70. The summed E-state index contributed by atoms with van der Waals surface area (Å²) in [6.45, 7) is 0. The fourth-order valence-corrected chi connectivity index (χ4v) is 2.11. The molecule has 1 aromatic carbocycles. The van der Waals surface area contributed by atoms with E-state index in [0.29, 0.717) is 16.5 Å². The molecule has 2 nitrogen and oxygen atoms in total. The molecule has 0 spiro atoms. The molecule has 1 unspecified atom stereocenters. The lowest BCUT2D eigenvalue weighted by atomic mass is 10.0. The van der Waals surface area contributed by atoms with Gasteiger partial charge in [0.15, 0.2) is 0 Å². The minimum atomic E-state index is -0.184. The topological polar surface area (TPSA) is 39.2 Å². The lowest BCUT2D eigenvalue weighted by Crippen LogP contribution is -2.13. The number of hydrogen-bond donors (Lipinski definition) is 1. The Bertz CT molecular complexity index is 468. The third kappa shape index (κ3) is 2.59. The third-order valence-electron chi connectivity index (χ3n) is 2.36. The summed E-state index contributed by atoms with van der Waals surface area (Å²) in [7, 11) is 0. The van der Waals surface area contributed by atoms with Gasteiger partial charge in [0.05, 0.1) is 6.26 Å². The maximum Gasteiger partial charge on any atom is 0.105 e. The fourth-order valence-electron chi connectivity index (χ4n) is 1.56. The molecule has 1 aromatic heterocycles. The van der Waals surface area contributed by atoms with Crippen molar-refractivity contribution in [3.05, 3.63) is 58.0 Å². The molecule has 16 heavy (non-hydrogen) atoms. The average molecular weight is 256 g/mol. The first-order valence-electron chi connectivity index (χ1n) is 4.89. The monoisotopic (exact) mass is 255 g/mol. The van der Waals surface area contributed by atoms with E-state index in [2.05, 4.69) is 0 Å². The van der Waals surface area contributed by atoms with E-state index in [0.717, 1.165) is 11.3 Å². The van der Waals surface area contributed by atoms with Gasteiger partial charge < -0.3 is 10.2 Å². The Labute approximate surface area is 104 Å². The molecule has 0 aliphatic rings. The minimum Gasteiger partial charge on any atom is -0.469 e. The Morgan fingerprint density at radius 1 is 1.25 bits per heavy atom. The molecule has 2 rings (SSSR count). The Morgan fingerprint density at radius 3 is 2.69 bits per heavy atom. The Morgan fingerprint density at radius 2 is 2.06 bits per heavy atom. The summed E-state index contributed by atoms with van der Waals surface area (Å²) in [5, 5.41) is 1.20. The molecule has 4 heteroatoms. The number of furan rings is 1. The zero-order chi connectivity index (χ0) is 11.5. The van der Waals surface area contributed by atoms with Gasteiger partial charge in [-0.25, -0.2) is 0 Å². The number of hydrogen-bond acceptors (Lipinski definition) is 2. The molecule has 1 atom stereocenters. The normalized spacial score (nSPS) is 12.7. The van der Waals surface area contributed by atoms with E-state index in [4.69, 9.17) is 33.4 Å². The fraction of sp³-hybridized carbons (Fsp3) is 0.167. The van der Waals surface area contributed by atoms with Gasteiger partial charge in [-0.05, 0) is 29.8 Å². The van der Waals surface area contributed by atoms with Crippen LogP contribution in [0.2, 0.25) is 10.0 Å². The highest BCUT2D eigenvalue weighted by molar-refractivity contribution is 6.35. The summed E-state index contributed by atoms with van der Waals surface area (Å²) in [6.07, 6.45) is 2.25. The summed E-state index contributed by atoms with van der Waals surface area (Å²) in [5.41, 5.74) is 6.93. The standard InChI is InChI=1S/C12H11Cl2NO/c13-8-3-4-10(11(14)6-8)12(15)7-9-2-1-5-16-9/h1-6,12H,7,15H2. The molecule has 2 aromatic rings. The highest BCUT2D eigenvalue weighted by Crippen LogP contribution is 2.27. The Balaban J connectivity index is 2.17. The summed E-state index contributed by atoms with van der Waals surface area (Å²) in [4.78, 5) is 0. The summed E-state index contributed by atoms with van der Waals surface area (Å²) < 4.78 is 5.24. The second-order valence-electron chi connectivity index (χ2n) is 3.56. The largest absolute Gasteiger partial charge is 0.469 e.